The van der Waals surface area contributed by atoms with Gasteiger partial charge in [-0.25, -0.2) is 9.50 Å². The molecule has 202 valence electrons. The lowest BCUT2D eigenvalue weighted by molar-refractivity contribution is 0.102. The van der Waals surface area contributed by atoms with E-state index in [9.17, 15) is 4.79 Å². The van der Waals surface area contributed by atoms with E-state index in [2.05, 4.69) is 15.4 Å². The second-order valence-corrected chi connectivity index (χ2v) is 10.3. The topological polar surface area (TPSA) is 100 Å². The molecule has 12 heteroatoms. The molecular formula is C28H20Cl2N4O5S. The molecule has 0 aliphatic rings. The lowest BCUT2D eigenvalue weighted by Crippen LogP contribution is -2.13. The molecule has 3 aromatic carbocycles. The Morgan fingerprint density at radius 1 is 1.05 bits per heavy atom. The van der Waals surface area contributed by atoms with Crippen molar-refractivity contribution in [2.45, 2.75) is 6.61 Å². The van der Waals surface area contributed by atoms with Crippen molar-refractivity contribution < 1.29 is 23.4 Å². The van der Waals surface area contributed by atoms with E-state index in [1.165, 1.54) is 11.3 Å². The second-order valence-electron chi connectivity index (χ2n) is 8.61. The van der Waals surface area contributed by atoms with Crippen molar-refractivity contribution in [1.29, 1.82) is 0 Å². The van der Waals surface area contributed by atoms with Crippen LogP contribution in [0.4, 0.5) is 5.69 Å². The van der Waals surface area contributed by atoms with Gasteiger partial charge in [0, 0.05) is 17.8 Å². The number of imidazole rings is 1. The van der Waals surface area contributed by atoms with Gasteiger partial charge in [-0.05, 0) is 47.2 Å². The maximum Gasteiger partial charge on any atom is 0.294 e. The number of anilines is 1. The Labute approximate surface area is 241 Å². The minimum atomic E-state index is -0.401. The maximum absolute atomic E-state index is 12.8. The Morgan fingerprint density at radius 2 is 1.85 bits per heavy atom. The fourth-order valence-electron chi connectivity index (χ4n) is 4.14. The van der Waals surface area contributed by atoms with E-state index >= 15 is 0 Å². The van der Waals surface area contributed by atoms with Crippen LogP contribution in [0.5, 0.6) is 16.7 Å². The first-order chi connectivity index (χ1) is 19.4. The normalized spacial score (nSPS) is 11.2. The summed E-state index contributed by atoms with van der Waals surface area (Å²) >= 11 is 13.7. The number of furan rings is 1. The standard InChI is InChI=1S/C28H20Cl2N4O5S/c1-36-17-10-22(18-12-24(39-23(18)11-17)21-13-34-27(32-21)40-28(33-34)37-2)38-14-15-5-3-6-16(9-15)31-26(35)25-19(29)7-4-8-20(25)30/h3-13H,14H2,1-2H3,(H,31,35). The fraction of sp³-hybridized carbons (Fsp3) is 0.107. The minimum absolute atomic E-state index is 0.217. The van der Waals surface area contributed by atoms with Crippen LogP contribution in [0.2, 0.25) is 10.0 Å². The highest BCUT2D eigenvalue weighted by molar-refractivity contribution is 7.18. The molecule has 0 unspecified atom stereocenters. The number of halogens is 2. The summed E-state index contributed by atoms with van der Waals surface area (Å²) in [6.07, 6.45) is 1.78. The van der Waals surface area contributed by atoms with Crippen LogP contribution in [0.3, 0.4) is 0 Å². The zero-order chi connectivity index (χ0) is 27.8. The Bertz CT molecular complexity index is 1830. The molecule has 0 saturated carbocycles. The molecule has 0 bridgehead atoms. The predicted octanol–water partition coefficient (Wildman–Crippen LogP) is 7.36. The highest BCUT2D eigenvalue weighted by Crippen LogP contribution is 2.37. The minimum Gasteiger partial charge on any atom is -0.496 e. The number of amides is 1. The first-order valence-electron chi connectivity index (χ1n) is 11.9. The van der Waals surface area contributed by atoms with Crippen LogP contribution in [0.15, 0.2) is 71.3 Å². The van der Waals surface area contributed by atoms with Crippen molar-refractivity contribution in [2.75, 3.05) is 19.5 Å². The van der Waals surface area contributed by atoms with Crippen LogP contribution in [-0.4, -0.2) is 34.7 Å². The third-order valence-corrected chi connectivity index (χ3v) is 7.54. The van der Waals surface area contributed by atoms with Crippen LogP contribution >= 0.6 is 34.5 Å². The van der Waals surface area contributed by atoms with Gasteiger partial charge in [-0.3, -0.25) is 4.79 Å². The molecule has 6 aromatic rings. The van der Waals surface area contributed by atoms with E-state index in [0.29, 0.717) is 44.4 Å². The average Bonchev–Trinajstić information content (AvgIpc) is 3.65. The number of nitrogens with one attached hydrogen (secondary N) is 1. The number of hydrogen-bond donors (Lipinski definition) is 1. The molecule has 1 amide bonds. The number of rotatable bonds is 8. The number of hydrogen-bond acceptors (Lipinski definition) is 8. The zero-order valence-corrected chi connectivity index (χ0v) is 23.4. The summed E-state index contributed by atoms with van der Waals surface area (Å²) in [5.74, 6) is 1.32. The molecule has 0 saturated heterocycles. The largest absolute Gasteiger partial charge is 0.496 e. The highest BCUT2D eigenvalue weighted by Gasteiger charge is 2.18. The summed E-state index contributed by atoms with van der Waals surface area (Å²) < 4.78 is 24.6. The zero-order valence-electron chi connectivity index (χ0n) is 21.1. The molecule has 40 heavy (non-hydrogen) atoms. The number of carbonyl (C=O) groups is 1. The molecule has 0 atom stereocenters. The SMILES string of the molecule is COc1cc(OCc2cccc(NC(=O)c3c(Cl)cccc3Cl)c2)c2cc(-c3cn4nc(OC)sc4n3)oc2c1. The quantitative estimate of drug-likeness (QED) is 0.196. The van der Waals surface area contributed by atoms with Gasteiger partial charge in [-0.1, -0.05) is 41.4 Å². The summed E-state index contributed by atoms with van der Waals surface area (Å²) in [6.45, 7) is 0.225. The third kappa shape index (κ3) is 5.04. The number of nitrogens with zero attached hydrogens (tertiary/aromatic N) is 3. The van der Waals surface area contributed by atoms with Crippen molar-refractivity contribution in [2.24, 2.45) is 0 Å². The van der Waals surface area contributed by atoms with Crippen LogP contribution in [0.25, 0.3) is 27.4 Å². The first kappa shape index (κ1) is 26.0. The summed E-state index contributed by atoms with van der Waals surface area (Å²) in [5, 5.41) is 8.99. The molecule has 1 N–H and O–H groups in total. The number of benzene rings is 3. The second kappa shape index (κ2) is 10.7. The van der Waals surface area contributed by atoms with Gasteiger partial charge < -0.3 is 23.9 Å². The highest BCUT2D eigenvalue weighted by atomic mass is 35.5. The van der Waals surface area contributed by atoms with E-state index in [-0.39, 0.29) is 22.2 Å². The lowest BCUT2D eigenvalue weighted by Gasteiger charge is -2.11. The number of aromatic nitrogens is 3. The third-order valence-electron chi connectivity index (χ3n) is 6.03. The summed E-state index contributed by atoms with van der Waals surface area (Å²) in [6, 6.07) is 17.7. The Morgan fingerprint density at radius 3 is 2.60 bits per heavy atom. The molecule has 9 nitrogen and oxygen atoms in total. The van der Waals surface area contributed by atoms with Crippen LogP contribution in [0.1, 0.15) is 15.9 Å². The maximum atomic E-state index is 12.8. The van der Waals surface area contributed by atoms with E-state index in [1.807, 2.05) is 24.3 Å². The van der Waals surface area contributed by atoms with Crippen molar-refractivity contribution in [3.63, 3.8) is 0 Å². The van der Waals surface area contributed by atoms with Gasteiger partial charge in [0.05, 0.1) is 41.4 Å². The van der Waals surface area contributed by atoms with E-state index in [1.54, 1.807) is 61.3 Å². The number of ether oxygens (including phenoxy) is 3. The van der Waals surface area contributed by atoms with Gasteiger partial charge >= 0.3 is 0 Å². The van der Waals surface area contributed by atoms with Crippen molar-refractivity contribution in [1.82, 2.24) is 14.6 Å². The average molecular weight is 595 g/mol. The monoisotopic (exact) mass is 594 g/mol. The molecule has 0 aliphatic carbocycles. The summed E-state index contributed by atoms with van der Waals surface area (Å²) in [5.41, 5.74) is 2.84. The molecule has 3 aromatic heterocycles. The van der Waals surface area contributed by atoms with Crippen LogP contribution in [-0.2, 0) is 6.61 Å². The van der Waals surface area contributed by atoms with Crippen molar-refractivity contribution >= 4 is 62.1 Å². The first-order valence-corrected chi connectivity index (χ1v) is 13.5. The molecule has 0 radical (unpaired) electrons. The van der Waals surface area contributed by atoms with Crippen LogP contribution in [0, 0.1) is 0 Å². The number of fused-ring (bicyclic) bond motifs is 2. The summed E-state index contributed by atoms with van der Waals surface area (Å²) in [4.78, 5) is 18.1. The fourth-order valence-corrected chi connectivity index (χ4v) is 5.41. The Balaban J connectivity index is 1.24. The van der Waals surface area contributed by atoms with E-state index in [4.69, 9.17) is 41.8 Å². The number of carbonyl (C=O) groups excluding carboxylic acids is 1. The molecule has 6 rings (SSSR count). The smallest absolute Gasteiger partial charge is 0.294 e. The Hall–Kier alpha value is -4.25. The Kier molecular flexibility index (Phi) is 6.97. The van der Waals surface area contributed by atoms with Crippen LogP contribution < -0.4 is 19.5 Å². The number of methoxy groups -OCH3 is 2. The van der Waals surface area contributed by atoms with Gasteiger partial charge in [0.25, 0.3) is 11.1 Å². The van der Waals surface area contributed by atoms with Gasteiger partial charge in [0.1, 0.15) is 29.4 Å². The molecular weight excluding hydrogens is 575 g/mol. The lowest BCUT2D eigenvalue weighted by atomic mass is 10.1. The summed E-state index contributed by atoms with van der Waals surface area (Å²) in [7, 11) is 3.14. The van der Waals surface area contributed by atoms with Crippen molar-refractivity contribution in [3.8, 4) is 28.1 Å². The van der Waals surface area contributed by atoms with Gasteiger partial charge in [-0.15, -0.1) is 5.10 Å². The molecule has 0 fully saturated rings. The van der Waals surface area contributed by atoms with Gasteiger partial charge in [-0.2, -0.15) is 0 Å². The van der Waals surface area contributed by atoms with E-state index in [0.717, 1.165) is 10.9 Å². The van der Waals surface area contributed by atoms with Crippen molar-refractivity contribution in [3.05, 3.63) is 88.0 Å². The van der Waals surface area contributed by atoms with E-state index < -0.39 is 5.91 Å². The molecule has 0 aliphatic heterocycles. The molecule has 3 heterocycles. The van der Waals surface area contributed by atoms with Gasteiger partial charge in [0.2, 0.25) is 4.96 Å². The van der Waals surface area contributed by atoms with Gasteiger partial charge in [0.15, 0.2) is 5.76 Å². The predicted molar refractivity (Wildman–Crippen MR) is 154 cm³/mol. The molecule has 0 spiro atoms.